The molecule has 0 radical (unpaired) electrons. The average molecular weight is 444 g/mol. The minimum absolute atomic E-state index is 0.160. The van der Waals surface area contributed by atoms with Gasteiger partial charge in [0.15, 0.2) is 6.10 Å². The number of aromatic nitrogens is 1. The van der Waals surface area contributed by atoms with Crippen LogP contribution in [-0.2, 0) is 22.6 Å². The molecule has 8 nitrogen and oxygen atoms in total. The summed E-state index contributed by atoms with van der Waals surface area (Å²) < 4.78 is 5.71. The van der Waals surface area contributed by atoms with Crippen LogP contribution in [0.5, 0.6) is 5.75 Å². The van der Waals surface area contributed by atoms with Crippen molar-refractivity contribution in [1.29, 1.82) is 0 Å². The number of para-hydroxylation sites is 1. The molecule has 0 bridgehead atoms. The first-order valence-corrected chi connectivity index (χ1v) is 10.7. The first kappa shape index (κ1) is 22.0. The highest BCUT2D eigenvalue weighted by Crippen LogP contribution is 2.28. The van der Waals surface area contributed by atoms with Crippen LogP contribution in [0.2, 0.25) is 0 Å². The van der Waals surface area contributed by atoms with Crippen LogP contribution >= 0.6 is 0 Å². The molecule has 2 aromatic carbocycles. The zero-order valence-corrected chi connectivity index (χ0v) is 17.9. The van der Waals surface area contributed by atoms with Gasteiger partial charge in [0, 0.05) is 49.6 Å². The molecule has 0 spiro atoms. The van der Waals surface area contributed by atoms with Crippen molar-refractivity contribution in [3.63, 3.8) is 0 Å². The van der Waals surface area contributed by atoms with Crippen molar-refractivity contribution in [3.8, 4) is 5.75 Å². The van der Waals surface area contributed by atoms with E-state index in [1.807, 2.05) is 36.4 Å². The van der Waals surface area contributed by atoms with Gasteiger partial charge < -0.3 is 20.7 Å². The van der Waals surface area contributed by atoms with Crippen molar-refractivity contribution in [2.24, 2.45) is 0 Å². The van der Waals surface area contributed by atoms with Crippen molar-refractivity contribution in [2.75, 3.05) is 11.9 Å². The maximum atomic E-state index is 12.6. The second kappa shape index (κ2) is 10.4. The number of amides is 3. The molecule has 4 rings (SSSR count). The largest absolute Gasteiger partial charge is 0.480 e. The van der Waals surface area contributed by atoms with Gasteiger partial charge in [-0.3, -0.25) is 19.4 Å². The van der Waals surface area contributed by atoms with Gasteiger partial charge >= 0.3 is 0 Å². The molecule has 0 fully saturated rings. The third-order valence-corrected chi connectivity index (χ3v) is 5.21. The summed E-state index contributed by atoms with van der Waals surface area (Å²) in [5, 5.41) is 8.34. The lowest BCUT2D eigenvalue weighted by Gasteiger charge is -2.12. The number of fused-ring (bicyclic) bond motifs is 1. The van der Waals surface area contributed by atoms with Crippen LogP contribution in [0.15, 0.2) is 73.1 Å². The van der Waals surface area contributed by atoms with E-state index in [1.54, 1.807) is 36.7 Å². The molecule has 3 amide bonds. The molecular weight excluding hydrogens is 420 g/mol. The van der Waals surface area contributed by atoms with Crippen LogP contribution in [0.4, 0.5) is 5.69 Å². The topological polar surface area (TPSA) is 109 Å². The Morgan fingerprint density at radius 3 is 2.61 bits per heavy atom. The lowest BCUT2D eigenvalue weighted by Crippen LogP contribution is -2.32. The molecule has 33 heavy (non-hydrogen) atoms. The van der Waals surface area contributed by atoms with Gasteiger partial charge in [0.25, 0.3) is 11.8 Å². The number of anilines is 1. The Balaban J connectivity index is 1.23. The normalized spacial score (nSPS) is 14.0. The molecule has 3 N–H and O–H groups in total. The molecule has 0 saturated carbocycles. The van der Waals surface area contributed by atoms with E-state index in [-0.39, 0.29) is 30.7 Å². The van der Waals surface area contributed by atoms with Crippen LogP contribution in [0.3, 0.4) is 0 Å². The first-order chi connectivity index (χ1) is 16.1. The van der Waals surface area contributed by atoms with E-state index in [1.165, 1.54) is 0 Å². The maximum absolute atomic E-state index is 12.6. The number of hydrogen-bond acceptors (Lipinski definition) is 5. The van der Waals surface area contributed by atoms with Crippen LogP contribution in [0, 0.1) is 0 Å². The van der Waals surface area contributed by atoms with E-state index in [9.17, 15) is 14.4 Å². The minimum atomic E-state index is -0.606. The van der Waals surface area contributed by atoms with Crippen molar-refractivity contribution in [1.82, 2.24) is 15.6 Å². The van der Waals surface area contributed by atoms with E-state index < -0.39 is 6.10 Å². The van der Waals surface area contributed by atoms with Crippen molar-refractivity contribution < 1.29 is 19.1 Å². The van der Waals surface area contributed by atoms with E-state index in [0.29, 0.717) is 24.2 Å². The van der Waals surface area contributed by atoms with E-state index in [4.69, 9.17) is 4.74 Å². The van der Waals surface area contributed by atoms with Gasteiger partial charge in [-0.25, -0.2) is 0 Å². The van der Waals surface area contributed by atoms with Gasteiger partial charge in [-0.05, 0) is 47.5 Å². The molecule has 0 aliphatic carbocycles. The Labute approximate surface area is 191 Å². The fourth-order valence-electron chi connectivity index (χ4n) is 3.47. The SMILES string of the molecule is O=C(CCNC(=O)c1cccc(NC(=O)C2Cc3ccccc3O2)c1)NCc1ccncc1. The summed E-state index contributed by atoms with van der Waals surface area (Å²) in [4.78, 5) is 41.0. The van der Waals surface area contributed by atoms with Crippen molar-refractivity contribution >= 4 is 23.4 Å². The van der Waals surface area contributed by atoms with Crippen LogP contribution in [0.25, 0.3) is 0 Å². The number of carbonyl (C=O) groups is 3. The number of nitrogens with one attached hydrogen (secondary N) is 3. The van der Waals surface area contributed by atoms with Gasteiger partial charge in [0.2, 0.25) is 5.91 Å². The van der Waals surface area contributed by atoms with E-state index in [0.717, 1.165) is 16.9 Å². The molecule has 1 atom stereocenters. The van der Waals surface area contributed by atoms with E-state index >= 15 is 0 Å². The van der Waals surface area contributed by atoms with E-state index in [2.05, 4.69) is 20.9 Å². The fraction of sp³-hybridized carbons (Fsp3) is 0.200. The van der Waals surface area contributed by atoms with Gasteiger partial charge in [-0.15, -0.1) is 0 Å². The molecule has 1 aliphatic rings. The number of carbonyl (C=O) groups excluding carboxylic acids is 3. The standard InChI is InChI=1S/C25H24N4O4/c30-23(28-16-17-8-11-26-12-9-17)10-13-27-24(31)19-5-3-6-20(14-19)29-25(32)22-15-18-4-1-2-7-21(18)33-22/h1-9,11-12,14,22H,10,13,15-16H2,(H,27,31)(H,28,30)(H,29,32). The van der Waals surface area contributed by atoms with Gasteiger partial charge in [-0.2, -0.15) is 0 Å². The number of hydrogen-bond donors (Lipinski definition) is 3. The summed E-state index contributed by atoms with van der Waals surface area (Å²) in [5.74, 6) is -0.0338. The summed E-state index contributed by atoms with van der Waals surface area (Å²) in [6.45, 7) is 0.610. The minimum Gasteiger partial charge on any atom is -0.480 e. The highest BCUT2D eigenvalue weighted by Gasteiger charge is 2.28. The number of benzene rings is 2. The third-order valence-electron chi connectivity index (χ3n) is 5.21. The Hall–Kier alpha value is -4.20. The predicted octanol–water partition coefficient (Wildman–Crippen LogP) is 2.46. The van der Waals surface area contributed by atoms with Crippen molar-refractivity contribution in [2.45, 2.75) is 25.5 Å². The average Bonchev–Trinajstić information content (AvgIpc) is 3.28. The molecule has 1 aliphatic heterocycles. The third kappa shape index (κ3) is 5.94. The fourth-order valence-corrected chi connectivity index (χ4v) is 3.47. The lowest BCUT2D eigenvalue weighted by atomic mass is 10.1. The smallest absolute Gasteiger partial charge is 0.265 e. The van der Waals surface area contributed by atoms with Crippen molar-refractivity contribution in [3.05, 3.63) is 89.7 Å². The Morgan fingerprint density at radius 2 is 1.79 bits per heavy atom. The summed E-state index contributed by atoms with van der Waals surface area (Å²) in [7, 11) is 0. The highest BCUT2D eigenvalue weighted by atomic mass is 16.5. The van der Waals surface area contributed by atoms with Gasteiger partial charge in [0.1, 0.15) is 5.75 Å². The lowest BCUT2D eigenvalue weighted by molar-refractivity contribution is -0.122. The van der Waals surface area contributed by atoms with Crippen LogP contribution in [0.1, 0.15) is 27.9 Å². The predicted molar refractivity (Wildman–Crippen MR) is 123 cm³/mol. The molecule has 0 saturated heterocycles. The molecular formula is C25H24N4O4. The maximum Gasteiger partial charge on any atom is 0.265 e. The zero-order chi connectivity index (χ0) is 23.0. The van der Waals surface area contributed by atoms with Crippen LogP contribution in [-0.4, -0.2) is 35.4 Å². The molecule has 1 unspecified atom stereocenters. The van der Waals surface area contributed by atoms with Gasteiger partial charge in [-0.1, -0.05) is 24.3 Å². The zero-order valence-electron chi connectivity index (χ0n) is 17.9. The molecule has 1 aromatic heterocycles. The monoisotopic (exact) mass is 444 g/mol. The molecule has 2 heterocycles. The first-order valence-electron chi connectivity index (χ1n) is 10.7. The summed E-state index contributed by atoms with van der Waals surface area (Å²) in [6, 6.07) is 17.9. The van der Waals surface area contributed by atoms with Crippen LogP contribution < -0.4 is 20.7 Å². The highest BCUT2D eigenvalue weighted by molar-refractivity contribution is 5.98. The Kier molecular flexibility index (Phi) is 6.94. The summed E-state index contributed by atoms with van der Waals surface area (Å²) in [6.07, 6.45) is 3.39. The molecule has 3 aromatic rings. The number of nitrogens with zero attached hydrogens (tertiary/aromatic N) is 1. The Morgan fingerprint density at radius 1 is 0.970 bits per heavy atom. The second-order valence-electron chi connectivity index (χ2n) is 7.63. The quantitative estimate of drug-likeness (QED) is 0.495. The molecule has 168 valence electrons. The summed E-state index contributed by atoms with van der Waals surface area (Å²) in [5.41, 5.74) is 2.84. The number of ether oxygens (including phenoxy) is 1. The number of pyridine rings is 1. The van der Waals surface area contributed by atoms with Gasteiger partial charge in [0.05, 0.1) is 0 Å². The number of rotatable bonds is 8. The second-order valence-corrected chi connectivity index (χ2v) is 7.63. The molecule has 8 heteroatoms. The summed E-state index contributed by atoms with van der Waals surface area (Å²) >= 11 is 0. The Bertz CT molecular complexity index is 1120.